The number of carbonyl (C=O) groups is 1. The average Bonchev–Trinajstić information content (AvgIpc) is 3.32. The Labute approximate surface area is 159 Å². The van der Waals surface area contributed by atoms with Crippen LogP contribution < -0.4 is 5.32 Å². The van der Waals surface area contributed by atoms with Gasteiger partial charge in [-0.1, -0.05) is 35.5 Å². The lowest BCUT2D eigenvalue weighted by Crippen LogP contribution is -2.41. The van der Waals surface area contributed by atoms with E-state index in [2.05, 4.69) is 44.6 Å². The van der Waals surface area contributed by atoms with Crippen molar-refractivity contribution in [2.45, 2.75) is 26.0 Å². The molecule has 1 aromatic heterocycles. The maximum atomic E-state index is 12.3. The molecule has 8 nitrogen and oxygen atoms in total. The third kappa shape index (κ3) is 5.77. The van der Waals surface area contributed by atoms with E-state index in [0.29, 0.717) is 24.7 Å². The molecule has 1 fully saturated rings. The topological polar surface area (TPSA) is 94.7 Å². The number of rotatable bonds is 8. The number of amides is 2. The first-order chi connectivity index (χ1) is 13.1. The van der Waals surface area contributed by atoms with Crippen LogP contribution in [0.15, 0.2) is 34.9 Å². The van der Waals surface area contributed by atoms with E-state index in [4.69, 9.17) is 9.63 Å². The molecule has 2 N–H and O–H groups in total. The van der Waals surface area contributed by atoms with Gasteiger partial charge < -0.3 is 19.8 Å². The van der Waals surface area contributed by atoms with Crippen molar-refractivity contribution in [2.75, 3.05) is 33.2 Å². The van der Waals surface area contributed by atoms with Gasteiger partial charge in [0.05, 0.1) is 0 Å². The molecule has 8 heteroatoms. The molecule has 27 heavy (non-hydrogen) atoms. The first kappa shape index (κ1) is 19.3. The van der Waals surface area contributed by atoms with Crippen molar-refractivity contribution >= 4 is 6.03 Å². The van der Waals surface area contributed by atoms with E-state index in [0.717, 1.165) is 32.6 Å². The number of hydrogen-bond donors (Lipinski definition) is 2. The molecule has 2 heterocycles. The number of aromatic nitrogens is 2. The molecule has 2 aromatic rings. The zero-order chi connectivity index (χ0) is 19.1. The maximum absolute atomic E-state index is 12.3. The number of aliphatic hydroxyl groups is 1. The van der Waals surface area contributed by atoms with E-state index in [1.165, 1.54) is 5.56 Å². The first-order valence-corrected chi connectivity index (χ1v) is 9.31. The Balaban J connectivity index is 1.35. The number of carbonyl (C=O) groups excluding carboxylic acids is 1. The monoisotopic (exact) mass is 373 g/mol. The zero-order valence-electron chi connectivity index (χ0n) is 15.7. The number of urea groups is 1. The van der Waals surface area contributed by atoms with Crippen molar-refractivity contribution in [3.63, 3.8) is 0 Å². The summed E-state index contributed by atoms with van der Waals surface area (Å²) in [7, 11) is 1.83. The predicted octanol–water partition coefficient (Wildman–Crippen LogP) is 1.27. The third-order valence-corrected chi connectivity index (χ3v) is 4.77. The van der Waals surface area contributed by atoms with Crippen molar-refractivity contribution in [2.24, 2.45) is 5.92 Å². The Morgan fingerprint density at radius 2 is 2.22 bits per heavy atom. The minimum absolute atomic E-state index is 0.0950. The Bertz CT molecular complexity index is 721. The number of likely N-dealkylation sites (tertiary alicyclic amines) is 1. The number of nitrogens with zero attached hydrogens (tertiary/aromatic N) is 4. The summed E-state index contributed by atoms with van der Waals surface area (Å²) in [5.41, 5.74) is 1.33. The Morgan fingerprint density at radius 1 is 1.41 bits per heavy atom. The normalized spacial score (nSPS) is 17.2. The van der Waals surface area contributed by atoms with Gasteiger partial charge in [-0.3, -0.25) is 4.90 Å². The van der Waals surface area contributed by atoms with E-state index in [-0.39, 0.29) is 18.5 Å². The fraction of sp³-hybridized carbons (Fsp3) is 0.526. The SMILES string of the molecule is CN(CC1CCN(Cc2ccccc2)C1)C(=O)NCCc1noc(CO)n1. The Kier molecular flexibility index (Phi) is 6.78. The van der Waals surface area contributed by atoms with Crippen molar-refractivity contribution in [3.8, 4) is 0 Å². The lowest BCUT2D eigenvalue weighted by Gasteiger charge is -2.22. The highest BCUT2D eigenvalue weighted by Gasteiger charge is 2.24. The van der Waals surface area contributed by atoms with Gasteiger partial charge in [-0.25, -0.2) is 4.79 Å². The molecule has 1 aliphatic rings. The molecule has 0 aliphatic carbocycles. The van der Waals surface area contributed by atoms with Crippen LogP contribution in [0.5, 0.6) is 0 Å². The molecule has 1 aromatic carbocycles. The third-order valence-electron chi connectivity index (χ3n) is 4.77. The van der Waals surface area contributed by atoms with Crippen molar-refractivity contribution in [1.82, 2.24) is 25.3 Å². The molecule has 1 aliphatic heterocycles. The van der Waals surface area contributed by atoms with Crippen molar-refractivity contribution < 1.29 is 14.4 Å². The van der Waals surface area contributed by atoms with Gasteiger partial charge in [-0.05, 0) is 24.4 Å². The van der Waals surface area contributed by atoms with E-state index in [1.54, 1.807) is 4.90 Å². The molecule has 0 bridgehead atoms. The van der Waals surface area contributed by atoms with Crippen molar-refractivity contribution in [3.05, 3.63) is 47.6 Å². The molecule has 0 saturated carbocycles. The molecule has 0 spiro atoms. The summed E-state index contributed by atoms with van der Waals surface area (Å²) in [5.74, 6) is 1.16. The Morgan fingerprint density at radius 3 is 2.96 bits per heavy atom. The molecule has 2 amide bonds. The largest absolute Gasteiger partial charge is 0.387 e. The van der Waals surface area contributed by atoms with E-state index in [9.17, 15) is 4.79 Å². The molecular formula is C19H27N5O3. The standard InChI is InChI=1S/C19H27N5O3/c1-23(19(26)20-9-7-17-21-18(14-25)27-22-17)11-16-8-10-24(13-16)12-15-5-3-2-4-6-15/h2-6,16,25H,7-14H2,1H3,(H,20,26). The number of benzene rings is 1. The van der Waals surface area contributed by atoms with Crippen LogP contribution in [0.3, 0.4) is 0 Å². The highest BCUT2D eigenvalue weighted by atomic mass is 16.5. The molecular weight excluding hydrogens is 346 g/mol. The first-order valence-electron chi connectivity index (χ1n) is 9.31. The van der Waals surface area contributed by atoms with Crippen LogP contribution in [0.25, 0.3) is 0 Å². The van der Waals surface area contributed by atoms with Gasteiger partial charge in [-0.15, -0.1) is 0 Å². The second-order valence-electron chi connectivity index (χ2n) is 7.00. The number of nitrogens with one attached hydrogen (secondary N) is 1. The van der Waals surface area contributed by atoms with E-state index < -0.39 is 0 Å². The minimum Gasteiger partial charge on any atom is -0.387 e. The number of hydrogen-bond acceptors (Lipinski definition) is 6. The zero-order valence-corrected chi connectivity index (χ0v) is 15.7. The van der Waals surface area contributed by atoms with E-state index in [1.807, 2.05) is 13.1 Å². The average molecular weight is 373 g/mol. The van der Waals surface area contributed by atoms with E-state index >= 15 is 0 Å². The summed E-state index contributed by atoms with van der Waals surface area (Å²) >= 11 is 0. The van der Waals surface area contributed by atoms with Gasteiger partial charge >= 0.3 is 6.03 Å². The van der Waals surface area contributed by atoms with Gasteiger partial charge in [-0.2, -0.15) is 4.98 Å². The molecule has 0 radical (unpaired) electrons. The number of aliphatic hydroxyl groups excluding tert-OH is 1. The van der Waals surface area contributed by atoms with Gasteiger partial charge in [0.15, 0.2) is 5.82 Å². The predicted molar refractivity (Wildman–Crippen MR) is 99.8 cm³/mol. The minimum atomic E-state index is -0.273. The van der Waals surface area contributed by atoms with Crippen LogP contribution in [0.2, 0.25) is 0 Å². The van der Waals surface area contributed by atoms with Gasteiger partial charge in [0.2, 0.25) is 0 Å². The van der Waals surface area contributed by atoms with Crippen LogP contribution in [0.4, 0.5) is 4.79 Å². The van der Waals surface area contributed by atoms with Crippen LogP contribution >= 0.6 is 0 Å². The van der Waals surface area contributed by atoms with Crippen LogP contribution in [-0.4, -0.2) is 64.3 Å². The highest BCUT2D eigenvalue weighted by Crippen LogP contribution is 2.19. The smallest absolute Gasteiger partial charge is 0.317 e. The summed E-state index contributed by atoms with van der Waals surface area (Å²) in [6, 6.07) is 10.4. The lowest BCUT2D eigenvalue weighted by molar-refractivity contribution is 0.199. The van der Waals surface area contributed by atoms with Gasteiger partial charge in [0.1, 0.15) is 6.61 Å². The summed E-state index contributed by atoms with van der Waals surface area (Å²) in [4.78, 5) is 20.4. The quantitative estimate of drug-likeness (QED) is 0.724. The lowest BCUT2D eigenvalue weighted by atomic mass is 10.1. The second-order valence-corrected chi connectivity index (χ2v) is 7.00. The molecule has 3 rings (SSSR count). The fourth-order valence-corrected chi connectivity index (χ4v) is 3.39. The summed E-state index contributed by atoms with van der Waals surface area (Å²) in [5, 5.41) is 15.5. The molecule has 1 unspecified atom stereocenters. The molecule has 1 atom stereocenters. The van der Waals surface area contributed by atoms with Crippen LogP contribution in [0.1, 0.15) is 23.7 Å². The summed E-state index contributed by atoms with van der Waals surface area (Å²) in [6.07, 6.45) is 1.58. The fourth-order valence-electron chi connectivity index (χ4n) is 3.39. The van der Waals surface area contributed by atoms with Gasteiger partial charge in [0.25, 0.3) is 5.89 Å². The Hall–Kier alpha value is -2.45. The summed E-state index contributed by atoms with van der Waals surface area (Å²) in [6.45, 7) is 3.95. The van der Waals surface area contributed by atoms with Crippen LogP contribution in [-0.2, 0) is 19.6 Å². The molecule has 146 valence electrons. The van der Waals surface area contributed by atoms with Gasteiger partial charge in [0, 0.05) is 39.6 Å². The van der Waals surface area contributed by atoms with Crippen molar-refractivity contribution in [1.29, 1.82) is 0 Å². The van der Waals surface area contributed by atoms with Crippen LogP contribution in [0, 0.1) is 5.92 Å². The maximum Gasteiger partial charge on any atom is 0.317 e. The highest BCUT2D eigenvalue weighted by molar-refractivity contribution is 5.73. The second kappa shape index (κ2) is 9.48. The molecule has 1 saturated heterocycles. The summed E-state index contributed by atoms with van der Waals surface area (Å²) < 4.78 is 4.82.